The van der Waals surface area contributed by atoms with Gasteiger partial charge in [0, 0.05) is 12.7 Å². The summed E-state index contributed by atoms with van der Waals surface area (Å²) in [5, 5.41) is 10.3. The number of nitrogens with zero attached hydrogens (tertiary/aromatic N) is 1. The van der Waals surface area contributed by atoms with Crippen LogP contribution in [0.5, 0.6) is 0 Å². The Morgan fingerprint density at radius 2 is 2.60 bits per heavy atom. The molecule has 0 aromatic heterocycles. The van der Waals surface area contributed by atoms with Crippen LogP contribution in [-0.4, -0.2) is 28.4 Å². The highest BCUT2D eigenvalue weighted by Crippen LogP contribution is 2.14. The van der Waals surface area contributed by atoms with E-state index in [1.165, 1.54) is 0 Å². The molecule has 4 heteroatoms. The van der Waals surface area contributed by atoms with Gasteiger partial charge < -0.3 is 10.0 Å². The summed E-state index contributed by atoms with van der Waals surface area (Å²) < 4.78 is 0. The van der Waals surface area contributed by atoms with Gasteiger partial charge in [0.2, 0.25) is 0 Å². The zero-order valence-electron chi connectivity index (χ0n) is 5.49. The monoisotopic (exact) mass is 159 g/mol. The summed E-state index contributed by atoms with van der Waals surface area (Å²) >= 11 is 1.69. The van der Waals surface area contributed by atoms with Crippen LogP contribution in [0.1, 0.15) is 6.42 Å². The lowest BCUT2D eigenvalue weighted by molar-refractivity contribution is -0.137. The molecule has 0 aliphatic carbocycles. The van der Waals surface area contributed by atoms with Crippen molar-refractivity contribution >= 4 is 17.7 Å². The molecule has 1 rings (SSSR count). The van der Waals surface area contributed by atoms with Crippen molar-refractivity contribution in [1.29, 1.82) is 0 Å². The second-order valence-corrected chi connectivity index (χ2v) is 2.90. The fraction of sp³-hybridized carbons (Fsp3) is 0.500. The van der Waals surface area contributed by atoms with Gasteiger partial charge in [0.1, 0.15) is 0 Å². The molecule has 0 bridgehead atoms. The average Bonchev–Trinajstić information content (AvgIpc) is 2.34. The fourth-order valence-electron chi connectivity index (χ4n) is 0.689. The first-order valence-electron chi connectivity index (χ1n) is 3.03. The van der Waals surface area contributed by atoms with Gasteiger partial charge in [-0.15, -0.1) is 11.8 Å². The maximum Gasteiger partial charge on any atom is 0.305 e. The highest BCUT2D eigenvalue weighted by atomic mass is 32.2. The van der Waals surface area contributed by atoms with Crippen LogP contribution in [0.2, 0.25) is 0 Å². The van der Waals surface area contributed by atoms with E-state index in [9.17, 15) is 4.79 Å². The minimum absolute atomic E-state index is 0.227. The summed E-state index contributed by atoms with van der Waals surface area (Å²) in [4.78, 5) is 12.1. The number of aliphatic carboxylic acids is 1. The molecule has 0 unspecified atom stereocenters. The average molecular weight is 159 g/mol. The predicted molar refractivity (Wildman–Crippen MR) is 40.6 cm³/mol. The Hall–Kier alpha value is -0.640. The van der Waals surface area contributed by atoms with Gasteiger partial charge in [0.25, 0.3) is 0 Å². The molecule has 1 N–H and O–H groups in total. The molecule has 0 spiro atoms. The Bertz CT molecular complexity index is 158. The summed E-state index contributed by atoms with van der Waals surface area (Å²) in [5.74, 6) is 0.165. The summed E-state index contributed by atoms with van der Waals surface area (Å²) in [5.41, 5.74) is 0. The summed E-state index contributed by atoms with van der Waals surface area (Å²) in [6.45, 7) is 0.624. The molecular formula is C6H9NO2S. The zero-order chi connectivity index (χ0) is 7.40. The van der Waals surface area contributed by atoms with Gasteiger partial charge in [-0.25, -0.2) is 0 Å². The molecule has 56 valence electrons. The van der Waals surface area contributed by atoms with Gasteiger partial charge in [0.05, 0.1) is 12.3 Å². The van der Waals surface area contributed by atoms with E-state index in [-0.39, 0.29) is 6.42 Å². The highest BCUT2D eigenvalue weighted by Gasteiger charge is 2.05. The topological polar surface area (TPSA) is 40.5 Å². The van der Waals surface area contributed by atoms with Crippen molar-refractivity contribution in [2.24, 2.45) is 0 Å². The Morgan fingerprint density at radius 3 is 3.10 bits per heavy atom. The van der Waals surface area contributed by atoms with Gasteiger partial charge in [-0.2, -0.15) is 0 Å². The minimum atomic E-state index is -0.731. The molecule has 0 radical (unpaired) electrons. The number of carboxylic acids is 1. The van der Waals surface area contributed by atoms with Crippen LogP contribution in [0.3, 0.4) is 0 Å². The lowest BCUT2D eigenvalue weighted by Crippen LogP contribution is -2.17. The van der Waals surface area contributed by atoms with E-state index >= 15 is 0 Å². The molecule has 0 fully saturated rings. The second kappa shape index (κ2) is 3.51. The van der Waals surface area contributed by atoms with Gasteiger partial charge in [0.15, 0.2) is 0 Å². The van der Waals surface area contributed by atoms with Crippen LogP contribution in [0.25, 0.3) is 0 Å². The molecular weight excluding hydrogens is 150 g/mol. The molecule has 0 saturated carbocycles. The molecule has 10 heavy (non-hydrogen) atoms. The summed E-state index contributed by atoms with van der Waals surface area (Å²) in [6.07, 6.45) is 2.15. The van der Waals surface area contributed by atoms with E-state index < -0.39 is 5.97 Å². The summed E-state index contributed by atoms with van der Waals surface area (Å²) in [7, 11) is 0. The van der Waals surface area contributed by atoms with E-state index in [1.807, 2.05) is 16.5 Å². The Morgan fingerprint density at radius 1 is 1.80 bits per heavy atom. The van der Waals surface area contributed by atoms with Gasteiger partial charge in [-0.3, -0.25) is 4.79 Å². The van der Waals surface area contributed by atoms with Crippen LogP contribution < -0.4 is 0 Å². The maximum absolute atomic E-state index is 10.1. The van der Waals surface area contributed by atoms with Crippen molar-refractivity contribution in [2.45, 2.75) is 6.42 Å². The molecule has 0 aromatic carbocycles. The van der Waals surface area contributed by atoms with Crippen molar-refractivity contribution in [3.05, 3.63) is 11.6 Å². The van der Waals surface area contributed by atoms with Crippen LogP contribution in [0.4, 0.5) is 0 Å². The fourth-order valence-corrected chi connectivity index (χ4v) is 1.44. The third-order valence-corrected chi connectivity index (χ3v) is 2.02. The normalized spacial score (nSPS) is 16.2. The number of carboxylic acid groups (broad SMARTS) is 1. The van der Waals surface area contributed by atoms with Crippen molar-refractivity contribution < 1.29 is 9.90 Å². The SMILES string of the molecule is O=C(O)CCN1C=CSC1. The van der Waals surface area contributed by atoms with Gasteiger partial charge in [-0.05, 0) is 5.41 Å². The van der Waals surface area contributed by atoms with E-state index in [0.717, 1.165) is 5.88 Å². The van der Waals surface area contributed by atoms with Crippen molar-refractivity contribution in [2.75, 3.05) is 12.4 Å². The van der Waals surface area contributed by atoms with Crippen LogP contribution in [0.15, 0.2) is 11.6 Å². The number of rotatable bonds is 3. The van der Waals surface area contributed by atoms with E-state index in [1.54, 1.807) is 11.8 Å². The summed E-state index contributed by atoms with van der Waals surface area (Å²) in [6, 6.07) is 0. The minimum Gasteiger partial charge on any atom is -0.481 e. The number of hydrogen-bond donors (Lipinski definition) is 1. The van der Waals surface area contributed by atoms with Gasteiger partial charge in [-0.1, -0.05) is 0 Å². The molecule has 0 aromatic rings. The standard InChI is InChI=1S/C6H9NO2S/c8-6(9)1-2-7-3-4-10-5-7/h3-4H,1-2,5H2,(H,8,9). The second-order valence-electron chi connectivity index (χ2n) is 2.04. The van der Waals surface area contributed by atoms with Crippen molar-refractivity contribution in [3.63, 3.8) is 0 Å². The molecule has 1 heterocycles. The first-order valence-corrected chi connectivity index (χ1v) is 4.08. The molecule has 0 atom stereocenters. The van der Waals surface area contributed by atoms with Crippen LogP contribution >= 0.6 is 11.8 Å². The van der Waals surface area contributed by atoms with Crippen LogP contribution in [-0.2, 0) is 4.79 Å². The number of hydrogen-bond acceptors (Lipinski definition) is 3. The third kappa shape index (κ3) is 2.31. The maximum atomic E-state index is 10.1. The van der Waals surface area contributed by atoms with E-state index in [2.05, 4.69) is 0 Å². The Labute approximate surface area is 63.7 Å². The highest BCUT2D eigenvalue weighted by molar-refractivity contribution is 8.02. The zero-order valence-corrected chi connectivity index (χ0v) is 6.30. The molecule has 1 aliphatic rings. The van der Waals surface area contributed by atoms with Gasteiger partial charge >= 0.3 is 5.97 Å². The lowest BCUT2D eigenvalue weighted by Gasteiger charge is -2.11. The predicted octanol–water partition coefficient (Wildman–Crippen LogP) is 0.939. The molecule has 1 aliphatic heterocycles. The quantitative estimate of drug-likeness (QED) is 0.665. The largest absolute Gasteiger partial charge is 0.481 e. The number of carbonyl (C=O) groups is 1. The molecule has 3 nitrogen and oxygen atoms in total. The Balaban J connectivity index is 2.13. The molecule has 0 saturated heterocycles. The Kier molecular flexibility index (Phi) is 2.62. The van der Waals surface area contributed by atoms with Crippen molar-refractivity contribution in [1.82, 2.24) is 4.90 Å². The van der Waals surface area contributed by atoms with Crippen molar-refractivity contribution in [3.8, 4) is 0 Å². The first kappa shape index (κ1) is 7.47. The van der Waals surface area contributed by atoms with E-state index in [0.29, 0.717) is 6.54 Å². The number of thioether (sulfide) groups is 1. The molecule has 0 amide bonds. The van der Waals surface area contributed by atoms with E-state index in [4.69, 9.17) is 5.11 Å². The smallest absolute Gasteiger partial charge is 0.305 e. The lowest BCUT2D eigenvalue weighted by atomic mass is 10.4. The third-order valence-electron chi connectivity index (χ3n) is 1.22. The first-order chi connectivity index (χ1) is 4.79. The van der Waals surface area contributed by atoms with Crippen LogP contribution in [0, 0.1) is 0 Å².